The second-order valence-corrected chi connectivity index (χ2v) is 4.75. The van der Waals surface area contributed by atoms with E-state index in [9.17, 15) is 9.90 Å². The molecule has 0 bridgehead atoms. The number of hydrogen-bond acceptors (Lipinski definition) is 6. The molecule has 1 atom stereocenters. The lowest BCUT2D eigenvalue weighted by Gasteiger charge is -2.18. The molecule has 1 aromatic carbocycles. The molecule has 22 heavy (non-hydrogen) atoms. The van der Waals surface area contributed by atoms with Crippen LogP contribution in [0, 0.1) is 0 Å². The van der Waals surface area contributed by atoms with E-state index in [2.05, 4.69) is 15.3 Å². The second kappa shape index (κ2) is 7.72. The Morgan fingerprint density at radius 1 is 1.41 bits per heavy atom. The third-order valence-electron chi connectivity index (χ3n) is 2.95. The van der Waals surface area contributed by atoms with Crippen molar-refractivity contribution < 1.29 is 14.6 Å². The fraction of sp³-hybridized carbons (Fsp3) is 0.267. The Hall–Kier alpha value is -2.18. The van der Waals surface area contributed by atoms with Crippen LogP contribution in [0.1, 0.15) is 28.9 Å². The number of esters is 1. The fourth-order valence-electron chi connectivity index (χ4n) is 1.91. The molecule has 2 rings (SSSR count). The van der Waals surface area contributed by atoms with Crippen LogP contribution in [0.5, 0.6) is 0 Å². The lowest BCUT2D eigenvalue weighted by Crippen LogP contribution is -2.19. The van der Waals surface area contributed by atoms with Crippen molar-refractivity contribution in [1.29, 1.82) is 0 Å². The first-order chi connectivity index (χ1) is 10.7. The minimum Gasteiger partial charge on any atom is -0.462 e. The number of benzene rings is 1. The summed E-state index contributed by atoms with van der Waals surface area (Å²) in [7, 11) is 0. The van der Waals surface area contributed by atoms with Crippen molar-refractivity contribution in [3.8, 4) is 0 Å². The zero-order chi connectivity index (χ0) is 15.9. The van der Waals surface area contributed by atoms with Crippen LogP contribution in [0.2, 0.25) is 5.28 Å². The van der Waals surface area contributed by atoms with Gasteiger partial charge in [0.15, 0.2) is 0 Å². The Bertz CT molecular complexity index is 637. The fourth-order valence-corrected chi connectivity index (χ4v) is 2.05. The number of aromatic nitrogens is 2. The molecule has 0 aliphatic carbocycles. The SMILES string of the molecule is CCOC(=O)c1cnc(Cl)nc1NC(CO)c1ccccc1. The molecule has 1 unspecified atom stereocenters. The number of anilines is 1. The summed E-state index contributed by atoms with van der Waals surface area (Å²) in [6, 6.07) is 8.89. The standard InChI is InChI=1S/C15H16ClN3O3/c1-2-22-14(21)11-8-17-15(16)19-13(11)18-12(9-20)10-6-4-3-5-7-10/h3-8,12,20H,2,9H2,1H3,(H,17,18,19). The topological polar surface area (TPSA) is 84.3 Å². The number of aliphatic hydroxyl groups excluding tert-OH is 1. The molecule has 1 aromatic heterocycles. The molecule has 116 valence electrons. The molecule has 0 saturated carbocycles. The summed E-state index contributed by atoms with van der Waals surface area (Å²) >= 11 is 5.79. The summed E-state index contributed by atoms with van der Waals surface area (Å²) in [5.41, 5.74) is 1.02. The molecule has 7 heteroatoms. The van der Waals surface area contributed by atoms with Crippen LogP contribution in [0.25, 0.3) is 0 Å². The van der Waals surface area contributed by atoms with Crippen LogP contribution in [-0.4, -0.2) is 34.3 Å². The molecule has 2 aromatic rings. The normalized spacial score (nSPS) is 11.8. The highest BCUT2D eigenvalue weighted by Gasteiger charge is 2.19. The van der Waals surface area contributed by atoms with E-state index in [1.165, 1.54) is 6.20 Å². The van der Waals surface area contributed by atoms with Crippen molar-refractivity contribution in [2.75, 3.05) is 18.5 Å². The van der Waals surface area contributed by atoms with Gasteiger partial charge < -0.3 is 15.2 Å². The van der Waals surface area contributed by atoms with Crippen LogP contribution < -0.4 is 5.32 Å². The van der Waals surface area contributed by atoms with Crippen molar-refractivity contribution in [3.63, 3.8) is 0 Å². The molecular weight excluding hydrogens is 306 g/mol. The third-order valence-corrected chi connectivity index (χ3v) is 3.13. The summed E-state index contributed by atoms with van der Waals surface area (Å²) in [6.07, 6.45) is 1.30. The van der Waals surface area contributed by atoms with Crippen molar-refractivity contribution in [3.05, 3.63) is 52.9 Å². The predicted molar refractivity (Wildman–Crippen MR) is 82.9 cm³/mol. The maximum absolute atomic E-state index is 11.9. The summed E-state index contributed by atoms with van der Waals surface area (Å²) in [4.78, 5) is 19.8. The van der Waals surface area contributed by atoms with Gasteiger partial charge in [0.25, 0.3) is 0 Å². The highest BCUT2D eigenvalue weighted by molar-refractivity contribution is 6.28. The number of nitrogens with one attached hydrogen (secondary N) is 1. The highest BCUT2D eigenvalue weighted by Crippen LogP contribution is 2.22. The number of carbonyl (C=O) groups is 1. The van der Waals surface area contributed by atoms with E-state index >= 15 is 0 Å². The summed E-state index contributed by atoms with van der Waals surface area (Å²) in [6.45, 7) is 1.78. The largest absolute Gasteiger partial charge is 0.462 e. The van der Waals surface area contributed by atoms with Crippen LogP contribution in [0.3, 0.4) is 0 Å². The van der Waals surface area contributed by atoms with Crippen molar-refractivity contribution in [2.45, 2.75) is 13.0 Å². The number of halogens is 1. The summed E-state index contributed by atoms with van der Waals surface area (Å²) in [5, 5.41) is 12.6. The van der Waals surface area contributed by atoms with E-state index in [4.69, 9.17) is 16.3 Å². The Labute approximate surface area is 133 Å². The Balaban J connectivity index is 2.30. The summed E-state index contributed by atoms with van der Waals surface area (Å²) in [5.74, 6) is -0.326. The zero-order valence-electron chi connectivity index (χ0n) is 12.0. The van der Waals surface area contributed by atoms with E-state index in [0.29, 0.717) is 0 Å². The monoisotopic (exact) mass is 321 g/mol. The average molecular weight is 322 g/mol. The molecule has 0 aliphatic rings. The maximum Gasteiger partial charge on any atom is 0.343 e. The van der Waals surface area contributed by atoms with Gasteiger partial charge in [-0.3, -0.25) is 0 Å². The number of hydrogen-bond donors (Lipinski definition) is 2. The van der Waals surface area contributed by atoms with Gasteiger partial charge in [0.2, 0.25) is 5.28 Å². The van der Waals surface area contributed by atoms with Gasteiger partial charge in [-0.2, -0.15) is 4.98 Å². The van der Waals surface area contributed by atoms with E-state index in [0.717, 1.165) is 5.56 Å². The Morgan fingerprint density at radius 3 is 2.77 bits per heavy atom. The first kappa shape index (κ1) is 16.2. The Morgan fingerprint density at radius 2 is 2.14 bits per heavy atom. The molecule has 0 fully saturated rings. The molecule has 1 heterocycles. The molecular formula is C15H16ClN3O3. The van der Waals surface area contributed by atoms with Gasteiger partial charge in [-0.05, 0) is 24.1 Å². The molecule has 0 aliphatic heterocycles. The molecule has 0 radical (unpaired) electrons. The van der Waals surface area contributed by atoms with Gasteiger partial charge in [0.05, 0.1) is 19.3 Å². The number of ether oxygens (including phenoxy) is 1. The smallest absolute Gasteiger partial charge is 0.343 e. The van der Waals surface area contributed by atoms with Crippen LogP contribution in [0.15, 0.2) is 36.5 Å². The second-order valence-electron chi connectivity index (χ2n) is 4.41. The minimum absolute atomic E-state index is 0.000278. The molecule has 2 N–H and O–H groups in total. The number of rotatable bonds is 6. The van der Waals surface area contributed by atoms with E-state index in [-0.39, 0.29) is 29.9 Å². The number of aliphatic hydroxyl groups is 1. The van der Waals surface area contributed by atoms with Crippen molar-refractivity contribution in [1.82, 2.24) is 9.97 Å². The third kappa shape index (κ3) is 3.93. The quantitative estimate of drug-likeness (QED) is 0.628. The van der Waals surface area contributed by atoms with Crippen LogP contribution in [0.4, 0.5) is 5.82 Å². The van der Waals surface area contributed by atoms with Crippen molar-refractivity contribution >= 4 is 23.4 Å². The van der Waals surface area contributed by atoms with Crippen LogP contribution >= 0.6 is 11.6 Å². The maximum atomic E-state index is 11.9. The Kier molecular flexibility index (Phi) is 5.68. The van der Waals surface area contributed by atoms with Gasteiger partial charge in [-0.25, -0.2) is 9.78 Å². The molecule has 0 saturated heterocycles. The first-order valence-electron chi connectivity index (χ1n) is 6.77. The number of carbonyl (C=O) groups excluding carboxylic acids is 1. The lowest BCUT2D eigenvalue weighted by molar-refractivity contribution is 0.0526. The van der Waals surface area contributed by atoms with E-state index in [1.54, 1.807) is 6.92 Å². The highest BCUT2D eigenvalue weighted by atomic mass is 35.5. The van der Waals surface area contributed by atoms with E-state index < -0.39 is 12.0 Å². The zero-order valence-corrected chi connectivity index (χ0v) is 12.7. The molecule has 6 nitrogen and oxygen atoms in total. The van der Waals surface area contributed by atoms with Gasteiger partial charge in [0.1, 0.15) is 11.4 Å². The average Bonchev–Trinajstić information content (AvgIpc) is 2.53. The number of nitrogens with zero attached hydrogens (tertiary/aromatic N) is 2. The lowest BCUT2D eigenvalue weighted by atomic mass is 10.1. The minimum atomic E-state index is -0.550. The van der Waals surface area contributed by atoms with Gasteiger partial charge in [-0.15, -0.1) is 0 Å². The first-order valence-corrected chi connectivity index (χ1v) is 7.15. The van der Waals surface area contributed by atoms with Gasteiger partial charge in [0, 0.05) is 6.20 Å². The summed E-state index contributed by atoms with van der Waals surface area (Å²) < 4.78 is 4.96. The predicted octanol–water partition coefficient (Wildman–Crippen LogP) is 2.45. The molecule has 0 amide bonds. The van der Waals surface area contributed by atoms with Gasteiger partial charge in [-0.1, -0.05) is 30.3 Å². The molecule has 0 spiro atoms. The van der Waals surface area contributed by atoms with Crippen molar-refractivity contribution in [2.24, 2.45) is 0 Å². The van der Waals surface area contributed by atoms with Gasteiger partial charge >= 0.3 is 5.97 Å². The van der Waals surface area contributed by atoms with E-state index in [1.807, 2.05) is 30.3 Å². The van der Waals surface area contributed by atoms with Crippen LogP contribution in [-0.2, 0) is 4.74 Å².